The summed E-state index contributed by atoms with van der Waals surface area (Å²) in [6.07, 6.45) is -2.63. The minimum Gasteiger partial charge on any atom is -0.444 e. The average Bonchev–Trinajstić information content (AvgIpc) is 3.66. The van der Waals surface area contributed by atoms with Crippen molar-refractivity contribution in [3.05, 3.63) is 46.5 Å². The van der Waals surface area contributed by atoms with Gasteiger partial charge in [0.2, 0.25) is 5.95 Å². The van der Waals surface area contributed by atoms with Crippen molar-refractivity contribution in [1.29, 1.82) is 0 Å². The summed E-state index contributed by atoms with van der Waals surface area (Å²) in [4.78, 5) is 26.5. The Labute approximate surface area is 260 Å². The van der Waals surface area contributed by atoms with E-state index in [-0.39, 0.29) is 41.3 Å². The molecule has 1 amide bonds. The number of hydrogen-bond donors (Lipinski definition) is 1. The van der Waals surface area contributed by atoms with E-state index in [0.717, 1.165) is 35.2 Å². The van der Waals surface area contributed by atoms with E-state index in [1.165, 1.54) is 6.07 Å². The number of fused-ring (bicyclic) bond motifs is 3. The Kier molecular flexibility index (Phi) is 8.12. The Hall–Kier alpha value is -3.23. The number of hydrogen-bond acceptors (Lipinski definition) is 9. The maximum absolute atomic E-state index is 14.0. The highest BCUT2D eigenvalue weighted by Gasteiger charge is 2.46. The van der Waals surface area contributed by atoms with Gasteiger partial charge in [0.25, 0.3) is 0 Å². The normalized spacial score (nSPS) is 21.8. The summed E-state index contributed by atoms with van der Waals surface area (Å²) in [5.74, 6) is 0.326. The number of aromatic nitrogens is 2. The molecule has 3 unspecified atom stereocenters. The number of piperazine rings is 1. The smallest absolute Gasteiger partial charge is 0.420 e. The summed E-state index contributed by atoms with van der Waals surface area (Å²) in [6.45, 7) is 9.41. The van der Waals surface area contributed by atoms with Crippen LogP contribution < -0.4 is 10.2 Å². The van der Waals surface area contributed by atoms with E-state index in [0.29, 0.717) is 47.3 Å². The maximum Gasteiger partial charge on any atom is 0.420 e. The molecule has 14 heteroatoms. The van der Waals surface area contributed by atoms with Gasteiger partial charge in [-0.05, 0) is 63.4 Å². The molecule has 3 atom stereocenters. The molecule has 3 aromatic rings. The summed E-state index contributed by atoms with van der Waals surface area (Å²) in [6, 6.07) is 7.71. The number of likely N-dealkylation sites (tertiary alicyclic amines) is 1. The largest absolute Gasteiger partial charge is 0.444 e. The standard InChI is InChI=1S/C30H34F3N5O4S2/c1-5-17-10-18(37-14-20-11-19(37)15-38(20)28(39)42-29(2,3)4)6-7-22(17)35-27-34-13-21(30(31,32)33)26(36-27)23-12-25-24(43-23)16-41-8-9-44(25)40/h6-7,10,12-13,19-20H,5,8-9,11,14-16H2,1-4H3,(H,34,35,36). The molecule has 3 aliphatic heterocycles. The molecule has 0 aliphatic carbocycles. The Balaban J connectivity index is 1.23. The number of alkyl halides is 3. The van der Waals surface area contributed by atoms with Crippen LogP contribution in [0.15, 0.2) is 35.4 Å². The second-order valence-electron chi connectivity index (χ2n) is 12.1. The fourth-order valence-electron chi connectivity index (χ4n) is 5.89. The van der Waals surface area contributed by atoms with Gasteiger partial charge in [-0.1, -0.05) is 6.92 Å². The third kappa shape index (κ3) is 6.16. The van der Waals surface area contributed by atoms with Crippen LogP contribution in [0.2, 0.25) is 0 Å². The quantitative estimate of drug-likeness (QED) is 0.341. The monoisotopic (exact) mass is 649 g/mol. The lowest BCUT2D eigenvalue weighted by atomic mass is 10.1. The van der Waals surface area contributed by atoms with E-state index in [4.69, 9.17) is 9.47 Å². The van der Waals surface area contributed by atoms with Crippen molar-refractivity contribution in [1.82, 2.24) is 14.9 Å². The van der Waals surface area contributed by atoms with Crippen molar-refractivity contribution in [3.63, 3.8) is 0 Å². The van der Waals surface area contributed by atoms with Gasteiger partial charge in [0.05, 0.1) is 51.3 Å². The molecular formula is C30H34F3N5O4S2. The molecule has 0 saturated carbocycles. The van der Waals surface area contributed by atoms with Crippen LogP contribution in [0.4, 0.5) is 35.3 Å². The Bertz CT molecular complexity index is 1610. The molecule has 1 N–H and O–H groups in total. The molecule has 1 aromatic carbocycles. The zero-order chi connectivity index (χ0) is 31.4. The number of aryl methyl sites for hydroxylation is 1. The molecule has 0 radical (unpaired) electrons. The van der Waals surface area contributed by atoms with Crippen molar-refractivity contribution in [2.75, 3.05) is 35.7 Å². The third-order valence-electron chi connectivity index (χ3n) is 7.91. The Morgan fingerprint density at radius 1 is 1.20 bits per heavy atom. The fraction of sp³-hybridized carbons (Fsp3) is 0.500. The van der Waals surface area contributed by atoms with E-state index in [9.17, 15) is 22.2 Å². The van der Waals surface area contributed by atoms with Crippen LogP contribution in [0.5, 0.6) is 0 Å². The number of amides is 1. The van der Waals surface area contributed by atoms with Crippen LogP contribution in [0.3, 0.4) is 0 Å². The van der Waals surface area contributed by atoms with Crippen LogP contribution in [0, 0.1) is 0 Å². The van der Waals surface area contributed by atoms with Gasteiger partial charge in [0, 0.05) is 41.6 Å². The van der Waals surface area contributed by atoms with E-state index in [1.54, 1.807) is 0 Å². The first-order valence-electron chi connectivity index (χ1n) is 14.5. The number of carbonyl (C=O) groups excluding carboxylic acids is 1. The van der Waals surface area contributed by atoms with Gasteiger partial charge in [0.15, 0.2) is 0 Å². The highest BCUT2D eigenvalue weighted by atomic mass is 32.2. The van der Waals surface area contributed by atoms with Crippen LogP contribution >= 0.6 is 11.3 Å². The molecular weight excluding hydrogens is 615 g/mol. The number of rotatable bonds is 5. The van der Waals surface area contributed by atoms with Crippen LogP contribution in [-0.2, 0) is 39.5 Å². The number of anilines is 3. The topological polar surface area (TPSA) is 96.9 Å². The van der Waals surface area contributed by atoms with Crippen molar-refractivity contribution >= 4 is 45.6 Å². The Morgan fingerprint density at radius 2 is 2.00 bits per heavy atom. The number of halogens is 3. The van der Waals surface area contributed by atoms with Crippen molar-refractivity contribution in [3.8, 4) is 10.6 Å². The van der Waals surface area contributed by atoms with Crippen molar-refractivity contribution < 1.29 is 31.6 Å². The third-order valence-corrected chi connectivity index (χ3v) is 10.5. The van der Waals surface area contributed by atoms with Gasteiger partial charge in [-0.2, -0.15) is 13.2 Å². The van der Waals surface area contributed by atoms with E-state index in [1.807, 2.05) is 44.7 Å². The number of carbonyl (C=O) groups is 1. The van der Waals surface area contributed by atoms with E-state index < -0.39 is 28.1 Å². The number of nitrogens with one attached hydrogen (secondary N) is 1. The van der Waals surface area contributed by atoms with Crippen LogP contribution in [0.1, 0.15) is 50.1 Å². The first kappa shape index (κ1) is 30.8. The minimum absolute atomic E-state index is 0.0321. The number of ether oxygens (including phenoxy) is 2. The predicted octanol–water partition coefficient (Wildman–Crippen LogP) is 6.37. The summed E-state index contributed by atoms with van der Waals surface area (Å²) >= 11 is 1.11. The molecule has 44 heavy (non-hydrogen) atoms. The fourth-order valence-corrected chi connectivity index (χ4v) is 8.42. The molecule has 2 fully saturated rings. The van der Waals surface area contributed by atoms with Gasteiger partial charge in [-0.3, -0.25) is 4.21 Å². The number of thiophene rings is 1. The lowest BCUT2D eigenvalue weighted by molar-refractivity contribution is -0.137. The van der Waals surface area contributed by atoms with E-state index >= 15 is 0 Å². The van der Waals surface area contributed by atoms with Crippen molar-refractivity contribution in [2.24, 2.45) is 0 Å². The summed E-state index contributed by atoms with van der Waals surface area (Å²) in [5, 5.41) is 3.13. The van der Waals surface area contributed by atoms with Crippen LogP contribution in [0.25, 0.3) is 10.6 Å². The van der Waals surface area contributed by atoms with Crippen molar-refractivity contribution in [2.45, 2.75) is 75.9 Å². The van der Waals surface area contributed by atoms with Gasteiger partial charge in [-0.25, -0.2) is 14.8 Å². The van der Waals surface area contributed by atoms with Crippen LogP contribution in [-0.4, -0.2) is 68.3 Å². The summed E-state index contributed by atoms with van der Waals surface area (Å²) in [7, 11) is -1.35. The molecule has 2 bridgehead atoms. The summed E-state index contributed by atoms with van der Waals surface area (Å²) < 4.78 is 65.7. The first-order valence-corrected chi connectivity index (χ1v) is 16.6. The second kappa shape index (κ2) is 11.6. The zero-order valence-corrected chi connectivity index (χ0v) is 26.5. The lowest BCUT2D eigenvalue weighted by Gasteiger charge is -2.36. The SMILES string of the molecule is CCc1cc(N2CC3CC2CN3C(=O)OC(C)(C)C)ccc1Nc1ncc(C(F)(F)F)c(-c2cc3c(s2)COCCS3=O)n1. The molecule has 6 rings (SSSR count). The molecule has 0 spiro atoms. The van der Waals surface area contributed by atoms with Gasteiger partial charge >= 0.3 is 12.3 Å². The highest BCUT2D eigenvalue weighted by molar-refractivity contribution is 7.85. The molecule has 5 heterocycles. The molecule has 9 nitrogen and oxygen atoms in total. The zero-order valence-electron chi connectivity index (χ0n) is 24.9. The molecule has 2 saturated heterocycles. The number of nitrogens with zero attached hydrogens (tertiary/aromatic N) is 4. The van der Waals surface area contributed by atoms with E-state index in [2.05, 4.69) is 26.3 Å². The highest BCUT2D eigenvalue weighted by Crippen LogP contribution is 2.42. The Morgan fingerprint density at radius 3 is 2.68 bits per heavy atom. The molecule has 3 aliphatic rings. The first-order chi connectivity index (χ1) is 20.8. The maximum atomic E-state index is 14.0. The predicted molar refractivity (Wildman–Crippen MR) is 163 cm³/mol. The lowest BCUT2D eigenvalue weighted by Crippen LogP contribution is -2.50. The molecule has 2 aromatic heterocycles. The average molecular weight is 650 g/mol. The molecule has 236 valence electrons. The number of benzene rings is 1. The van der Waals surface area contributed by atoms with Gasteiger partial charge in [0.1, 0.15) is 11.2 Å². The minimum atomic E-state index is -4.67. The van der Waals surface area contributed by atoms with Gasteiger partial charge in [-0.15, -0.1) is 11.3 Å². The summed E-state index contributed by atoms with van der Waals surface area (Å²) in [5.41, 5.74) is 0.900. The van der Waals surface area contributed by atoms with Gasteiger partial charge < -0.3 is 24.6 Å². The second-order valence-corrected chi connectivity index (χ2v) is 14.8.